The minimum absolute atomic E-state index is 0.184. The van der Waals surface area contributed by atoms with E-state index in [4.69, 9.17) is 4.42 Å². The topological polar surface area (TPSA) is 58.9 Å². The number of H-pyrrole nitrogens is 1. The number of rotatable bonds is 2. The van der Waals surface area contributed by atoms with E-state index in [1.807, 2.05) is 19.9 Å². The molecule has 2 aromatic heterocycles. The summed E-state index contributed by atoms with van der Waals surface area (Å²) in [6.07, 6.45) is 0.692. The lowest BCUT2D eigenvalue weighted by molar-refractivity contribution is 0.543. The summed E-state index contributed by atoms with van der Waals surface area (Å²) in [5.41, 5.74) is 0.545. The molecule has 0 fully saturated rings. The van der Waals surface area contributed by atoms with E-state index in [0.29, 0.717) is 22.5 Å². The van der Waals surface area contributed by atoms with Gasteiger partial charge in [0.15, 0.2) is 11.6 Å². The Morgan fingerprint density at radius 3 is 2.81 bits per heavy atom. The Bertz CT molecular complexity index is 572. The molecule has 0 aliphatic heterocycles. The van der Waals surface area contributed by atoms with Crippen molar-refractivity contribution in [3.05, 3.63) is 38.4 Å². The number of aromatic amines is 1. The third kappa shape index (κ3) is 1.95. The molecule has 4 nitrogen and oxygen atoms in total. The van der Waals surface area contributed by atoms with Crippen molar-refractivity contribution in [3.63, 3.8) is 0 Å². The number of nitrogens with zero attached hydrogens (tertiary/aromatic N) is 1. The van der Waals surface area contributed by atoms with Crippen LogP contribution in [-0.4, -0.2) is 9.97 Å². The third-order valence-corrected chi connectivity index (χ3v) is 3.06. The van der Waals surface area contributed by atoms with Crippen molar-refractivity contribution in [1.29, 1.82) is 0 Å². The monoisotopic (exact) mass is 282 g/mol. The SMILES string of the molecule is CCc1nc(-c2ccc(C)o2)[nH]c(=O)c1Br. The molecule has 2 rings (SSSR count). The van der Waals surface area contributed by atoms with E-state index < -0.39 is 0 Å². The predicted molar refractivity (Wildman–Crippen MR) is 64.4 cm³/mol. The molecule has 0 aliphatic carbocycles. The Hall–Kier alpha value is -1.36. The van der Waals surface area contributed by atoms with E-state index >= 15 is 0 Å². The molecule has 0 radical (unpaired) electrons. The Morgan fingerprint density at radius 1 is 1.50 bits per heavy atom. The average molecular weight is 283 g/mol. The summed E-state index contributed by atoms with van der Waals surface area (Å²) in [6, 6.07) is 3.63. The molecule has 0 saturated carbocycles. The number of aryl methyl sites for hydroxylation is 2. The molecule has 5 heteroatoms. The van der Waals surface area contributed by atoms with Gasteiger partial charge in [-0.3, -0.25) is 4.79 Å². The first-order valence-corrected chi connectivity index (χ1v) is 5.76. The van der Waals surface area contributed by atoms with Crippen molar-refractivity contribution in [2.75, 3.05) is 0 Å². The van der Waals surface area contributed by atoms with Gasteiger partial charge in [0.2, 0.25) is 0 Å². The van der Waals surface area contributed by atoms with Crippen molar-refractivity contribution >= 4 is 15.9 Å². The van der Waals surface area contributed by atoms with E-state index in [2.05, 4.69) is 25.9 Å². The van der Waals surface area contributed by atoms with Crippen LogP contribution in [0.1, 0.15) is 18.4 Å². The normalized spacial score (nSPS) is 10.7. The fourth-order valence-electron chi connectivity index (χ4n) is 1.42. The van der Waals surface area contributed by atoms with Gasteiger partial charge in [-0.15, -0.1) is 0 Å². The minimum Gasteiger partial charge on any atom is -0.458 e. The standard InChI is InChI=1S/C11H11BrN2O2/c1-3-7-9(12)11(15)14-10(13-7)8-5-4-6(2)16-8/h4-5H,3H2,1-2H3,(H,13,14,15). The van der Waals surface area contributed by atoms with E-state index in [0.717, 1.165) is 11.5 Å². The Labute approximate surface area is 101 Å². The van der Waals surface area contributed by atoms with Gasteiger partial charge in [0.25, 0.3) is 5.56 Å². The first-order valence-electron chi connectivity index (χ1n) is 4.97. The molecule has 84 valence electrons. The van der Waals surface area contributed by atoms with E-state index in [1.54, 1.807) is 6.07 Å². The van der Waals surface area contributed by atoms with Gasteiger partial charge in [0.1, 0.15) is 10.2 Å². The van der Waals surface area contributed by atoms with Crippen LogP contribution in [0.25, 0.3) is 11.6 Å². The van der Waals surface area contributed by atoms with Gasteiger partial charge >= 0.3 is 0 Å². The highest BCUT2D eigenvalue weighted by Gasteiger charge is 2.10. The second kappa shape index (κ2) is 4.25. The van der Waals surface area contributed by atoms with Crippen molar-refractivity contribution in [3.8, 4) is 11.6 Å². The average Bonchev–Trinajstić information content (AvgIpc) is 2.69. The molecule has 0 amide bonds. The smallest absolute Gasteiger partial charge is 0.265 e. The highest BCUT2D eigenvalue weighted by Crippen LogP contribution is 2.19. The van der Waals surface area contributed by atoms with Crippen LogP contribution < -0.4 is 5.56 Å². The molecule has 0 aromatic carbocycles. The second-order valence-electron chi connectivity index (χ2n) is 3.44. The summed E-state index contributed by atoms with van der Waals surface area (Å²) in [7, 11) is 0. The third-order valence-electron chi connectivity index (χ3n) is 2.24. The highest BCUT2D eigenvalue weighted by atomic mass is 79.9. The van der Waals surface area contributed by atoms with Gasteiger partial charge in [-0.05, 0) is 41.4 Å². The molecule has 1 N–H and O–H groups in total. The summed E-state index contributed by atoms with van der Waals surface area (Å²) >= 11 is 3.22. The molecule has 0 unspecified atom stereocenters. The largest absolute Gasteiger partial charge is 0.458 e. The van der Waals surface area contributed by atoms with Gasteiger partial charge in [-0.25, -0.2) is 4.98 Å². The van der Waals surface area contributed by atoms with Crippen molar-refractivity contribution in [1.82, 2.24) is 9.97 Å². The summed E-state index contributed by atoms with van der Waals surface area (Å²) in [5.74, 6) is 1.84. The number of halogens is 1. The Morgan fingerprint density at radius 2 is 2.25 bits per heavy atom. The Balaban J connectivity index is 2.59. The molecular weight excluding hydrogens is 272 g/mol. The number of nitrogens with one attached hydrogen (secondary N) is 1. The predicted octanol–water partition coefficient (Wildman–Crippen LogP) is 2.66. The maximum Gasteiger partial charge on any atom is 0.265 e. The minimum atomic E-state index is -0.184. The van der Waals surface area contributed by atoms with Gasteiger partial charge in [-0.1, -0.05) is 6.92 Å². The molecule has 0 aliphatic rings. The zero-order chi connectivity index (χ0) is 11.7. The highest BCUT2D eigenvalue weighted by molar-refractivity contribution is 9.10. The lowest BCUT2D eigenvalue weighted by Gasteiger charge is -2.02. The summed E-state index contributed by atoms with van der Waals surface area (Å²) < 4.78 is 5.90. The van der Waals surface area contributed by atoms with Crippen LogP contribution in [0.15, 0.2) is 25.8 Å². The summed E-state index contributed by atoms with van der Waals surface area (Å²) in [5, 5.41) is 0. The molecular formula is C11H11BrN2O2. The van der Waals surface area contributed by atoms with Gasteiger partial charge < -0.3 is 9.40 Å². The molecule has 2 aromatic rings. The molecule has 0 spiro atoms. The number of furan rings is 1. The molecule has 0 bridgehead atoms. The molecule has 2 heterocycles. The second-order valence-corrected chi connectivity index (χ2v) is 4.23. The van der Waals surface area contributed by atoms with Crippen LogP contribution in [0.4, 0.5) is 0 Å². The fraction of sp³-hybridized carbons (Fsp3) is 0.273. The van der Waals surface area contributed by atoms with Crippen molar-refractivity contribution < 1.29 is 4.42 Å². The lowest BCUT2D eigenvalue weighted by Crippen LogP contribution is -2.13. The van der Waals surface area contributed by atoms with Gasteiger partial charge in [-0.2, -0.15) is 0 Å². The maximum atomic E-state index is 11.6. The van der Waals surface area contributed by atoms with Crippen molar-refractivity contribution in [2.24, 2.45) is 0 Å². The van der Waals surface area contributed by atoms with Crippen LogP contribution in [0.5, 0.6) is 0 Å². The number of hydrogen-bond donors (Lipinski definition) is 1. The number of hydrogen-bond acceptors (Lipinski definition) is 3. The summed E-state index contributed by atoms with van der Waals surface area (Å²) in [6.45, 7) is 3.80. The molecule has 0 saturated heterocycles. The van der Waals surface area contributed by atoms with Gasteiger partial charge in [0, 0.05) is 0 Å². The van der Waals surface area contributed by atoms with Crippen LogP contribution in [0.3, 0.4) is 0 Å². The maximum absolute atomic E-state index is 11.6. The first-order chi connectivity index (χ1) is 7.61. The van der Waals surface area contributed by atoms with Crippen molar-refractivity contribution in [2.45, 2.75) is 20.3 Å². The van der Waals surface area contributed by atoms with E-state index in [-0.39, 0.29) is 5.56 Å². The lowest BCUT2D eigenvalue weighted by atomic mass is 10.3. The first kappa shape index (κ1) is 11.1. The molecule has 0 atom stereocenters. The van der Waals surface area contributed by atoms with Crippen LogP contribution >= 0.6 is 15.9 Å². The summed E-state index contributed by atoms with van der Waals surface area (Å²) in [4.78, 5) is 18.6. The quantitative estimate of drug-likeness (QED) is 0.921. The number of aromatic nitrogens is 2. The zero-order valence-electron chi connectivity index (χ0n) is 9.00. The zero-order valence-corrected chi connectivity index (χ0v) is 10.6. The van der Waals surface area contributed by atoms with Crippen LogP contribution in [0.2, 0.25) is 0 Å². The van der Waals surface area contributed by atoms with E-state index in [9.17, 15) is 4.79 Å². The van der Waals surface area contributed by atoms with Gasteiger partial charge in [0.05, 0.1) is 5.69 Å². The Kier molecular flexibility index (Phi) is 2.96. The van der Waals surface area contributed by atoms with Crippen LogP contribution in [0, 0.1) is 6.92 Å². The van der Waals surface area contributed by atoms with E-state index in [1.165, 1.54) is 0 Å². The van der Waals surface area contributed by atoms with Crippen LogP contribution in [-0.2, 0) is 6.42 Å². The molecule has 16 heavy (non-hydrogen) atoms. The fourth-order valence-corrected chi connectivity index (χ4v) is 1.89.